The van der Waals surface area contributed by atoms with Crippen molar-refractivity contribution in [2.24, 2.45) is 0 Å². The number of allylic oxidation sites excluding steroid dienone is 2. The average molecular weight is 421 g/mol. The quantitative estimate of drug-likeness (QED) is 0.348. The van der Waals surface area contributed by atoms with Crippen LogP contribution in [-0.2, 0) is 27.4 Å². The third-order valence-electron chi connectivity index (χ3n) is 5.11. The molecule has 4 N–H and O–H groups in total. The molecule has 0 aliphatic carbocycles. The lowest BCUT2D eigenvalue weighted by atomic mass is 9.94. The summed E-state index contributed by atoms with van der Waals surface area (Å²) in [5.74, 6) is -2.06. The van der Waals surface area contributed by atoms with Crippen molar-refractivity contribution in [1.29, 1.82) is 0 Å². The number of benzene rings is 1. The number of rotatable bonds is 9. The van der Waals surface area contributed by atoms with Crippen LogP contribution in [0.3, 0.4) is 0 Å². The first kappa shape index (κ1) is 23.2. The number of cyclic esters (lactones) is 1. The molecule has 9 nitrogen and oxygen atoms in total. The second-order valence-electron chi connectivity index (χ2n) is 7.29. The number of phenolic OH excluding ortho intramolecular Hbond substituents is 1. The number of methoxy groups -OCH3 is 1. The van der Waals surface area contributed by atoms with Gasteiger partial charge in [0.15, 0.2) is 6.04 Å². The minimum absolute atomic E-state index is 0.0392. The molecular formula is C21H27NO8. The predicted octanol–water partition coefficient (Wildman–Crippen LogP) is 1.60. The number of carbonyl (C=O) groups excluding carboxylic acids is 2. The molecule has 0 aromatic heterocycles. The summed E-state index contributed by atoms with van der Waals surface area (Å²) in [4.78, 5) is 35.0. The van der Waals surface area contributed by atoms with Crippen LogP contribution in [0.1, 0.15) is 53.7 Å². The van der Waals surface area contributed by atoms with E-state index in [-0.39, 0.29) is 30.8 Å². The average Bonchev–Trinajstić information content (AvgIpc) is 3.07. The molecule has 0 fully saturated rings. The third kappa shape index (κ3) is 4.91. The number of carboxylic acid groups (broad SMARTS) is 1. The first-order valence-corrected chi connectivity index (χ1v) is 9.52. The molecule has 2 atom stereocenters. The van der Waals surface area contributed by atoms with Crippen molar-refractivity contribution in [3.05, 3.63) is 33.9 Å². The Balaban J connectivity index is 2.10. The number of carbonyl (C=O) groups is 3. The molecule has 9 heteroatoms. The molecule has 1 heterocycles. The van der Waals surface area contributed by atoms with Gasteiger partial charge in [0, 0.05) is 17.5 Å². The molecule has 1 aliphatic heterocycles. The maximum absolute atomic E-state index is 12.0. The standard InChI is InChI=1S/C21H27NO8/c1-10(6-8-15(24)22-17(12(3)23)20(26)27)5-7-13-18(25)16-14(9-30-21(16)28)11(2)19(13)29-4/h5,12,17,23,25H,6-9H2,1-4H3,(H,22,24)(H,26,27)/b10-5+/t12-,17+/m0/s1. The zero-order valence-electron chi connectivity index (χ0n) is 17.4. The van der Waals surface area contributed by atoms with Crippen molar-refractivity contribution in [1.82, 2.24) is 5.32 Å². The topological polar surface area (TPSA) is 142 Å². The summed E-state index contributed by atoms with van der Waals surface area (Å²) >= 11 is 0. The smallest absolute Gasteiger partial charge is 0.342 e. The van der Waals surface area contributed by atoms with Crippen molar-refractivity contribution in [2.45, 2.75) is 58.8 Å². The SMILES string of the molecule is COc1c(C)c2c(c(O)c1C/C=C(\C)CCC(=O)N[C@@H](C(=O)O)[C@H](C)O)C(=O)OC2. The lowest BCUT2D eigenvalue weighted by Gasteiger charge is -2.17. The summed E-state index contributed by atoms with van der Waals surface area (Å²) in [6.45, 7) is 4.98. The molecule has 0 unspecified atom stereocenters. The normalized spacial score (nSPS) is 15.2. The number of phenols is 1. The molecule has 0 saturated heterocycles. The molecule has 0 spiro atoms. The zero-order chi connectivity index (χ0) is 22.6. The highest BCUT2D eigenvalue weighted by atomic mass is 16.5. The van der Waals surface area contributed by atoms with Gasteiger partial charge in [0.1, 0.15) is 23.7 Å². The third-order valence-corrected chi connectivity index (χ3v) is 5.11. The summed E-state index contributed by atoms with van der Waals surface area (Å²) in [5, 5.41) is 31.3. The van der Waals surface area contributed by atoms with Crippen molar-refractivity contribution in [3.63, 3.8) is 0 Å². The molecule has 0 radical (unpaired) electrons. The highest BCUT2D eigenvalue weighted by Crippen LogP contribution is 2.42. The summed E-state index contributed by atoms with van der Waals surface area (Å²) in [5.41, 5.74) is 2.79. The van der Waals surface area contributed by atoms with Crippen molar-refractivity contribution < 1.29 is 39.2 Å². The fourth-order valence-electron chi connectivity index (χ4n) is 3.35. The number of nitrogens with one attached hydrogen (secondary N) is 1. The summed E-state index contributed by atoms with van der Waals surface area (Å²) < 4.78 is 10.5. The first-order valence-electron chi connectivity index (χ1n) is 9.52. The largest absolute Gasteiger partial charge is 0.507 e. The molecule has 30 heavy (non-hydrogen) atoms. The van der Waals surface area contributed by atoms with Crippen LogP contribution in [-0.4, -0.2) is 52.4 Å². The van der Waals surface area contributed by atoms with Crippen LogP contribution >= 0.6 is 0 Å². The monoisotopic (exact) mass is 421 g/mol. The van der Waals surface area contributed by atoms with E-state index >= 15 is 0 Å². The molecule has 0 saturated carbocycles. The van der Waals surface area contributed by atoms with Crippen LogP contribution in [0.15, 0.2) is 11.6 Å². The number of amides is 1. The van der Waals surface area contributed by atoms with Gasteiger partial charge in [-0.2, -0.15) is 0 Å². The second-order valence-corrected chi connectivity index (χ2v) is 7.29. The van der Waals surface area contributed by atoms with E-state index in [1.54, 1.807) is 19.9 Å². The van der Waals surface area contributed by atoms with E-state index in [0.29, 0.717) is 23.3 Å². The van der Waals surface area contributed by atoms with Crippen LogP contribution in [0.25, 0.3) is 0 Å². The Morgan fingerprint density at radius 2 is 2.00 bits per heavy atom. The maximum atomic E-state index is 12.0. The lowest BCUT2D eigenvalue weighted by molar-refractivity contribution is -0.144. The Bertz CT molecular complexity index is 888. The van der Waals surface area contributed by atoms with Crippen molar-refractivity contribution in [3.8, 4) is 11.5 Å². The summed E-state index contributed by atoms with van der Waals surface area (Å²) in [6, 6.07) is -1.36. The number of esters is 1. The van der Waals surface area contributed by atoms with Crippen LogP contribution in [0, 0.1) is 6.92 Å². The van der Waals surface area contributed by atoms with Gasteiger partial charge in [-0.1, -0.05) is 11.6 Å². The van der Waals surface area contributed by atoms with E-state index in [4.69, 9.17) is 14.6 Å². The van der Waals surface area contributed by atoms with Gasteiger partial charge >= 0.3 is 11.9 Å². The molecule has 2 rings (SSSR count). The number of aliphatic hydroxyl groups excluding tert-OH is 1. The highest BCUT2D eigenvalue weighted by Gasteiger charge is 2.32. The molecular weight excluding hydrogens is 394 g/mol. The summed E-state index contributed by atoms with van der Waals surface area (Å²) in [7, 11) is 1.48. The fraction of sp³-hybridized carbons (Fsp3) is 0.476. The Morgan fingerprint density at radius 3 is 2.57 bits per heavy atom. The minimum Gasteiger partial charge on any atom is -0.507 e. The molecule has 0 bridgehead atoms. The van der Waals surface area contributed by atoms with E-state index in [9.17, 15) is 24.6 Å². The highest BCUT2D eigenvalue weighted by molar-refractivity contribution is 5.98. The molecule has 1 aliphatic rings. The Hall–Kier alpha value is -3.07. The van der Waals surface area contributed by atoms with E-state index < -0.39 is 30.0 Å². The number of hydrogen-bond donors (Lipinski definition) is 4. The Morgan fingerprint density at radius 1 is 1.33 bits per heavy atom. The van der Waals surface area contributed by atoms with E-state index in [1.165, 1.54) is 14.0 Å². The van der Waals surface area contributed by atoms with Crippen LogP contribution in [0.4, 0.5) is 0 Å². The number of fused-ring (bicyclic) bond motifs is 1. The van der Waals surface area contributed by atoms with Gasteiger partial charge in [0.2, 0.25) is 5.91 Å². The van der Waals surface area contributed by atoms with E-state index in [2.05, 4.69) is 5.32 Å². The number of aliphatic hydroxyl groups is 1. The van der Waals surface area contributed by atoms with Gasteiger partial charge in [-0.25, -0.2) is 9.59 Å². The number of aliphatic carboxylic acids is 1. The maximum Gasteiger partial charge on any atom is 0.342 e. The van der Waals surface area contributed by atoms with E-state index in [0.717, 1.165) is 11.1 Å². The molecule has 164 valence electrons. The minimum atomic E-state index is -1.36. The van der Waals surface area contributed by atoms with Gasteiger partial charge in [-0.05, 0) is 39.2 Å². The first-order chi connectivity index (χ1) is 14.1. The number of aromatic hydroxyl groups is 1. The predicted molar refractivity (Wildman–Crippen MR) is 106 cm³/mol. The second kappa shape index (κ2) is 9.62. The van der Waals surface area contributed by atoms with Gasteiger partial charge in [-0.3, -0.25) is 4.79 Å². The van der Waals surface area contributed by atoms with Gasteiger partial charge in [0.05, 0.1) is 13.2 Å². The lowest BCUT2D eigenvalue weighted by Crippen LogP contribution is -2.47. The summed E-state index contributed by atoms with van der Waals surface area (Å²) in [6.07, 6.45) is 1.26. The fourth-order valence-corrected chi connectivity index (χ4v) is 3.35. The van der Waals surface area contributed by atoms with E-state index in [1.807, 2.05) is 0 Å². The van der Waals surface area contributed by atoms with Crippen molar-refractivity contribution in [2.75, 3.05) is 7.11 Å². The van der Waals surface area contributed by atoms with Crippen LogP contribution in [0.2, 0.25) is 0 Å². The van der Waals surface area contributed by atoms with Crippen LogP contribution < -0.4 is 10.1 Å². The van der Waals surface area contributed by atoms with Gasteiger partial charge in [0.25, 0.3) is 0 Å². The number of ether oxygens (including phenoxy) is 2. The Kier molecular flexibility index (Phi) is 7.44. The van der Waals surface area contributed by atoms with Crippen molar-refractivity contribution >= 4 is 17.8 Å². The number of hydrogen-bond acceptors (Lipinski definition) is 7. The Labute approximate surface area is 174 Å². The zero-order valence-corrected chi connectivity index (χ0v) is 17.4. The number of carboxylic acids is 1. The van der Waals surface area contributed by atoms with Gasteiger partial charge in [-0.15, -0.1) is 0 Å². The van der Waals surface area contributed by atoms with Crippen LogP contribution in [0.5, 0.6) is 11.5 Å². The van der Waals surface area contributed by atoms with Gasteiger partial charge < -0.3 is 30.1 Å². The molecule has 1 aromatic rings. The molecule has 1 aromatic carbocycles. The molecule has 1 amide bonds.